The summed E-state index contributed by atoms with van der Waals surface area (Å²) in [5.41, 5.74) is 2.78. The molecule has 2 aromatic heterocycles. The van der Waals surface area contributed by atoms with Gasteiger partial charge in [0.25, 0.3) is 5.91 Å². The number of benzene rings is 1. The van der Waals surface area contributed by atoms with Gasteiger partial charge >= 0.3 is 0 Å². The van der Waals surface area contributed by atoms with Crippen LogP contribution in [0.15, 0.2) is 30.3 Å². The first-order chi connectivity index (χ1) is 13.5. The lowest BCUT2D eigenvalue weighted by Gasteiger charge is -2.24. The highest BCUT2D eigenvalue weighted by Crippen LogP contribution is 2.40. The fourth-order valence-corrected chi connectivity index (χ4v) is 4.93. The van der Waals surface area contributed by atoms with Gasteiger partial charge in [-0.25, -0.2) is 9.97 Å². The molecule has 1 aliphatic carbocycles. The standard InChI is InChI=1S/C22H25N3O2S/c1-13-7-9-15(10-8-13)22-25-18-11-19(27-3)17(12-20(18)28-22)24-21(26)16-6-4-5-14(2)23-16/h4-6,11-13,15H,7-10H2,1-3H3,(H,24,26). The number of carbonyl (C=O) groups is 1. The smallest absolute Gasteiger partial charge is 0.274 e. The number of pyridine rings is 1. The Morgan fingerprint density at radius 2 is 1.96 bits per heavy atom. The average Bonchev–Trinajstić information content (AvgIpc) is 3.10. The zero-order valence-electron chi connectivity index (χ0n) is 16.5. The van der Waals surface area contributed by atoms with Gasteiger partial charge < -0.3 is 10.1 Å². The van der Waals surface area contributed by atoms with Crippen LogP contribution in [0.4, 0.5) is 5.69 Å². The summed E-state index contributed by atoms with van der Waals surface area (Å²) in [4.78, 5) is 21.8. The van der Waals surface area contributed by atoms with Crippen molar-refractivity contribution in [1.82, 2.24) is 9.97 Å². The number of methoxy groups -OCH3 is 1. The van der Waals surface area contributed by atoms with E-state index in [2.05, 4.69) is 17.2 Å². The van der Waals surface area contributed by atoms with Crippen molar-refractivity contribution in [2.75, 3.05) is 12.4 Å². The predicted molar refractivity (Wildman–Crippen MR) is 113 cm³/mol. The van der Waals surface area contributed by atoms with Crippen LogP contribution >= 0.6 is 11.3 Å². The van der Waals surface area contributed by atoms with E-state index in [4.69, 9.17) is 9.72 Å². The van der Waals surface area contributed by atoms with Gasteiger partial charge in [0.15, 0.2) is 0 Å². The number of hydrogen-bond acceptors (Lipinski definition) is 5. The molecule has 1 aromatic carbocycles. The maximum Gasteiger partial charge on any atom is 0.274 e. The summed E-state index contributed by atoms with van der Waals surface area (Å²) >= 11 is 1.73. The molecule has 0 saturated heterocycles. The van der Waals surface area contributed by atoms with Gasteiger partial charge in [0, 0.05) is 17.7 Å². The zero-order valence-corrected chi connectivity index (χ0v) is 17.3. The molecule has 0 radical (unpaired) electrons. The molecule has 0 aliphatic heterocycles. The van der Waals surface area contributed by atoms with E-state index in [0.29, 0.717) is 23.0 Å². The molecule has 0 atom stereocenters. The Hall–Kier alpha value is -2.47. The number of aryl methyl sites for hydroxylation is 1. The van der Waals surface area contributed by atoms with E-state index in [9.17, 15) is 4.79 Å². The fraction of sp³-hybridized carbons (Fsp3) is 0.409. The molecule has 28 heavy (non-hydrogen) atoms. The minimum Gasteiger partial charge on any atom is -0.494 e. The third-order valence-corrected chi connectivity index (χ3v) is 6.64. The monoisotopic (exact) mass is 395 g/mol. The van der Waals surface area contributed by atoms with Gasteiger partial charge in [0.2, 0.25) is 0 Å². The number of nitrogens with one attached hydrogen (secondary N) is 1. The van der Waals surface area contributed by atoms with Crippen molar-refractivity contribution >= 4 is 33.1 Å². The number of amides is 1. The van der Waals surface area contributed by atoms with E-state index in [-0.39, 0.29) is 5.91 Å². The molecule has 2 heterocycles. The normalized spacial score (nSPS) is 19.5. The largest absolute Gasteiger partial charge is 0.494 e. The van der Waals surface area contributed by atoms with Crippen LogP contribution in [-0.2, 0) is 0 Å². The second kappa shape index (κ2) is 7.87. The first-order valence-electron chi connectivity index (χ1n) is 9.77. The van der Waals surface area contributed by atoms with Gasteiger partial charge in [-0.05, 0) is 43.9 Å². The topological polar surface area (TPSA) is 64.1 Å². The van der Waals surface area contributed by atoms with Crippen LogP contribution in [0, 0.1) is 12.8 Å². The average molecular weight is 396 g/mol. The van der Waals surface area contributed by atoms with Crippen molar-refractivity contribution in [3.05, 3.63) is 46.7 Å². The third-order valence-electron chi connectivity index (χ3n) is 5.46. The molecule has 1 saturated carbocycles. The second-order valence-corrected chi connectivity index (χ2v) is 8.71. The van der Waals surface area contributed by atoms with Gasteiger partial charge in [-0.15, -0.1) is 11.3 Å². The number of nitrogens with zero attached hydrogens (tertiary/aromatic N) is 2. The van der Waals surface area contributed by atoms with Crippen LogP contribution in [0.25, 0.3) is 10.2 Å². The number of aromatic nitrogens is 2. The molecule has 0 unspecified atom stereocenters. The summed E-state index contributed by atoms with van der Waals surface area (Å²) < 4.78 is 6.58. The third kappa shape index (κ3) is 3.87. The predicted octanol–water partition coefficient (Wildman–Crippen LogP) is 5.55. The van der Waals surface area contributed by atoms with Crippen molar-refractivity contribution in [2.24, 2.45) is 5.92 Å². The molecule has 146 valence electrons. The Morgan fingerprint density at radius 3 is 2.68 bits per heavy atom. The SMILES string of the molecule is COc1cc2nc(C3CCC(C)CC3)sc2cc1NC(=O)c1cccc(C)n1. The second-order valence-electron chi connectivity index (χ2n) is 7.65. The lowest BCUT2D eigenvalue weighted by molar-refractivity contribution is 0.102. The lowest BCUT2D eigenvalue weighted by Crippen LogP contribution is -2.14. The Balaban J connectivity index is 1.62. The number of hydrogen-bond donors (Lipinski definition) is 1. The number of anilines is 1. The summed E-state index contributed by atoms with van der Waals surface area (Å²) in [6.45, 7) is 4.20. The van der Waals surface area contributed by atoms with Crippen molar-refractivity contribution in [1.29, 1.82) is 0 Å². The van der Waals surface area contributed by atoms with Crippen LogP contribution in [0.2, 0.25) is 0 Å². The summed E-state index contributed by atoms with van der Waals surface area (Å²) in [7, 11) is 1.61. The minimum atomic E-state index is -0.243. The fourth-order valence-electron chi connectivity index (χ4n) is 3.78. The number of rotatable bonds is 4. The highest BCUT2D eigenvalue weighted by molar-refractivity contribution is 7.18. The Kier molecular flexibility index (Phi) is 5.31. The van der Waals surface area contributed by atoms with Gasteiger partial charge in [-0.2, -0.15) is 0 Å². The first kappa shape index (κ1) is 18.9. The van der Waals surface area contributed by atoms with E-state index in [1.54, 1.807) is 24.5 Å². The van der Waals surface area contributed by atoms with E-state index < -0.39 is 0 Å². The Labute approximate surface area is 169 Å². The van der Waals surface area contributed by atoms with E-state index in [1.807, 2.05) is 31.2 Å². The van der Waals surface area contributed by atoms with E-state index >= 15 is 0 Å². The van der Waals surface area contributed by atoms with Crippen molar-refractivity contribution in [3.8, 4) is 5.75 Å². The molecule has 1 amide bonds. The molecular formula is C22H25N3O2S. The maximum atomic E-state index is 12.6. The number of carbonyl (C=O) groups excluding carboxylic acids is 1. The summed E-state index contributed by atoms with van der Waals surface area (Å²) in [6, 6.07) is 9.29. The highest BCUT2D eigenvalue weighted by atomic mass is 32.1. The van der Waals surface area contributed by atoms with Crippen molar-refractivity contribution < 1.29 is 9.53 Å². The van der Waals surface area contributed by atoms with E-state index in [1.165, 1.54) is 30.7 Å². The summed E-state index contributed by atoms with van der Waals surface area (Å²) in [5.74, 6) is 1.74. The molecule has 4 rings (SSSR count). The van der Waals surface area contributed by atoms with Crippen LogP contribution in [-0.4, -0.2) is 23.0 Å². The molecule has 1 fully saturated rings. The van der Waals surface area contributed by atoms with Crippen LogP contribution in [0.3, 0.4) is 0 Å². The van der Waals surface area contributed by atoms with Crippen LogP contribution < -0.4 is 10.1 Å². The molecule has 1 aliphatic rings. The summed E-state index contributed by atoms with van der Waals surface area (Å²) in [5, 5.41) is 4.15. The van der Waals surface area contributed by atoms with Crippen LogP contribution in [0.1, 0.15) is 59.7 Å². The van der Waals surface area contributed by atoms with Gasteiger partial charge in [0.1, 0.15) is 11.4 Å². The Bertz CT molecular complexity index is 1010. The minimum absolute atomic E-state index is 0.243. The highest BCUT2D eigenvalue weighted by Gasteiger charge is 2.23. The zero-order chi connectivity index (χ0) is 19.7. The molecule has 0 bridgehead atoms. The lowest BCUT2D eigenvalue weighted by atomic mass is 9.83. The molecule has 6 heteroatoms. The number of fused-ring (bicyclic) bond motifs is 1. The number of thiazole rings is 1. The van der Waals surface area contributed by atoms with Gasteiger partial charge in [-0.3, -0.25) is 4.79 Å². The first-order valence-corrected chi connectivity index (χ1v) is 10.6. The van der Waals surface area contributed by atoms with Crippen molar-refractivity contribution in [3.63, 3.8) is 0 Å². The van der Waals surface area contributed by atoms with E-state index in [0.717, 1.165) is 21.8 Å². The maximum absolute atomic E-state index is 12.6. The quantitative estimate of drug-likeness (QED) is 0.629. The molecule has 5 nitrogen and oxygen atoms in total. The van der Waals surface area contributed by atoms with Gasteiger partial charge in [0.05, 0.1) is 28.0 Å². The molecular weight excluding hydrogens is 370 g/mol. The molecule has 0 spiro atoms. The van der Waals surface area contributed by atoms with Crippen LogP contribution in [0.5, 0.6) is 5.75 Å². The van der Waals surface area contributed by atoms with Gasteiger partial charge in [-0.1, -0.05) is 25.8 Å². The molecule has 1 N–H and O–H groups in total. The Morgan fingerprint density at radius 1 is 1.18 bits per heavy atom. The summed E-state index contributed by atoms with van der Waals surface area (Å²) in [6.07, 6.45) is 4.96. The van der Waals surface area contributed by atoms with Crippen molar-refractivity contribution in [2.45, 2.75) is 45.4 Å². The number of ether oxygens (including phenoxy) is 1. The molecule has 3 aromatic rings.